The van der Waals surface area contributed by atoms with Crippen LogP contribution < -0.4 is 5.32 Å². The first kappa shape index (κ1) is 16.5. The van der Waals surface area contributed by atoms with E-state index in [-0.39, 0.29) is 11.8 Å². The van der Waals surface area contributed by atoms with Crippen molar-refractivity contribution in [2.75, 3.05) is 39.4 Å². The molecule has 2 heterocycles. The van der Waals surface area contributed by atoms with Crippen LogP contribution >= 0.6 is 27.5 Å². The Kier molecular flexibility index (Phi) is 5.63. The third kappa shape index (κ3) is 3.44. The van der Waals surface area contributed by atoms with Gasteiger partial charge in [-0.15, -0.1) is 0 Å². The van der Waals surface area contributed by atoms with E-state index in [9.17, 15) is 5.11 Å². The summed E-state index contributed by atoms with van der Waals surface area (Å²) in [7, 11) is 0. The van der Waals surface area contributed by atoms with E-state index >= 15 is 0 Å². The maximum Gasteiger partial charge on any atom is 0.136 e. The number of ether oxygens (including phenoxy) is 1. The summed E-state index contributed by atoms with van der Waals surface area (Å²) in [6.45, 7) is 5.61. The molecule has 2 saturated heterocycles. The number of phenolic OH excluding ortho intramolecular Hbond substituents is 1. The predicted octanol–water partition coefficient (Wildman–Crippen LogP) is 3.18. The Hall–Kier alpha value is -0.330. The molecule has 0 aromatic heterocycles. The van der Waals surface area contributed by atoms with Gasteiger partial charge in [0.15, 0.2) is 0 Å². The van der Waals surface area contributed by atoms with Crippen molar-refractivity contribution < 1.29 is 9.84 Å². The van der Waals surface area contributed by atoms with Gasteiger partial charge in [0.1, 0.15) is 5.75 Å². The number of hydrogen-bond donors (Lipinski definition) is 2. The lowest BCUT2D eigenvalue weighted by Gasteiger charge is -2.41. The largest absolute Gasteiger partial charge is 0.506 e. The summed E-state index contributed by atoms with van der Waals surface area (Å²) in [5, 5.41) is 14.6. The minimum Gasteiger partial charge on any atom is -0.506 e. The third-order valence-electron chi connectivity index (χ3n) is 4.68. The molecule has 22 heavy (non-hydrogen) atoms. The molecule has 0 aliphatic carbocycles. The SMILES string of the molecule is Oc1c([C@@H](C2CCOCC2)N2CCNCC2)ccc(Cl)c1Br. The molecule has 0 amide bonds. The van der Waals surface area contributed by atoms with Gasteiger partial charge >= 0.3 is 0 Å². The fraction of sp³-hybridized carbons (Fsp3) is 0.625. The molecule has 2 fully saturated rings. The molecular weight excluding hydrogens is 368 g/mol. The van der Waals surface area contributed by atoms with Crippen LogP contribution in [-0.2, 0) is 4.74 Å². The molecule has 0 saturated carbocycles. The number of nitrogens with zero attached hydrogens (tertiary/aromatic N) is 1. The van der Waals surface area contributed by atoms with Crippen LogP contribution in [0.15, 0.2) is 16.6 Å². The molecule has 1 aromatic carbocycles. The summed E-state index contributed by atoms with van der Waals surface area (Å²) in [4.78, 5) is 2.49. The van der Waals surface area contributed by atoms with E-state index in [2.05, 4.69) is 26.1 Å². The van der Waals surface area contributed by atoms with E-state index in [0.29, 0.717) is 15.4 Å². The van der Waals surface area contributed by atoms with Gasteiger partial charge < -0.3 is 15.2 Å². The highest BCUT2D eigenvalue weighted by Gasteiger charge is 2.33. The number of hydrogen-bond acceptors (Lipinski definition) is 4. The van der Waals surface area contributed by atoms with Gasteiger partial charge in [0, 0.05) is 51.0 Å². The first-order chi connectivity index (χ1) is 10.7. The summed E-state index contributed by atoms with van der Waals surface area (Å²) in [6, 6.07) is 4.07. The van der Waals surface area contributed by atoms with Gasteiger partial charge in [-0.2, -0.15) is 0 Å². The molecule has 4 nitrogen and oxygen atoms in total. The minimum absolute atomic E-state index is 0.222. The number of nitrogens with one attached hydrogen (secondary N) is 1. The molecule has 2 aliphatic rings. The molecule has 0 unspecified atom stereocenters. The Labute approximate surface area is 144 Å². The van der Waals surface area contributed by atoms with Crippen molar-refractivity contribution in [3.63, 3.8) is 0 Å². The number of piperazine rings is 1. The molecule has 6 heteroatoms. The number of phenols is 1. The third-order valence-corrected chi connectivity index (χ3v) is 6.02. The molecule has 0 spiro atoms. The first-order valence-electron chi connectivity index (χ1n) is 7.88. The monoisotopic (exact) mass is 388 g/mol. The highest BCUT2D eigenvalue weighted by atomic mass is 79.9. The zero-order chi connectivity index (χ0) is 15.5. The maximum atomic E-state index is 10.6. The van der Waals surface area contributed by atoms with Crippen molar-refractivity contribution in [3.05, 3.63) is 27.2 Å². The molecular formula is C16H22BrClN2O2. The first-order valence-corrected chi connectivity index (χ1v) is 9.05. The van der Waals surface area contributed by atoms with Gasteiger partial charge in [0.25, 0.3) is 0 Å². The predicted molar refractivity (Wildman–Crippen MR) is 91.5 cm³/mol. The second-order valence-corrected chi connectivity index (χ2v) is 7.18. The molecule has 0 bridgehead atoms. The fourth-order valence-electron chi connectivity index (χ4n) is 3.53. The second-order valence-electron chi connectivity index (χ2n) is 5.98. The highest BCUT2D eigenvalue weighted by Crippen LogP contribution is 2.43. The van der Waals surface area contributed by atoms with Gasteiger partial charge in [-0.1, -0.05) is 17.7 Å². The van der Waals surface area contributed by atoms with Crippen LogP contribution in [0.4, 0.5) is 0 Å². The molecule has 1 atom stereocenters. The summed E-state index contributed by atoms with van der Waals surface area (Å²) in [5.41, 5.74) is 0.977. The smallest absolute Gasteiger partial charge is 0.136 e. The van der Waals surface area contributed by atoms with E-state index in [1.54, 1.807) is 0 Å². The molecule has 3 rings (SSSR count). The van der Waals surface area contributed by atoms with Gasteiger partial charge in [0.2, 0.25) is 0 Å². The quantitative estimate of drug-likeness (QED) is 0.833. The lowest BCUT2D eigenvalue weighted by atomic mass is 9.85. The van der Waals surface area contributed by atoms with E-state index in [1.807, 2.05) is 12.1 Å². The van der Waals surface area contributed by atoms with E-state index in [4.69, 9.17) is 16.3 Å². The van der Waals surface area contributed by atoms with Gasteiger partial charge in [-0.25, -0.2) is 0 Å². The Morgan fingerprint density at radius 2 is 1.95 bits per heavy atom. The van der Waals surface area contributed by atoms with Crippen LogP contribution in [0, 0.1) is 5.92 Å². The van der Waals surface area contributed by atoms with Gasteiger partial charge in [0.05, 0.1) is 9.50 Å². The molecule has 1 aromatic rings. The Balaban J connectivity index is 1.94. The van der Waals surface area contributed by atoms with E-state index in [0.717, 1.165) is 57.8 Å². The van der Waals surface area contributed by atoms with Gasteiger partial charge in [-0.05, 0) is 40.8 Å². The van der Waals surface area contributed by atoms with Crippen LogP contribution in [-0.4, -0.2) is 49.4 Å². The zero-order valence-electron chi connectivity index (χ0n) is 12.5. The highest BCUT2D eigenvalue weighted by molar-refractivity contribution is 9.10. The average molecular weight is 390 g/mol. The number of rotatable bonds is 3. The molecule has 122 valence electrons. The van der Waals surface area contributed by atoms with Crippen molar-refractivity contribution in [3.8, 4) is 5.75 Å². The summed E-state index contributed by atoms with van der Waals surface area (Å²) in [6.07, 6.45) is 2.07. The number of halogens is 2. The van der Waals surface area contributed by atoms with E-state index in [1.165, 1.54) is 0 Å². The minimum atomic E-state index is 0.222. The standard InChI is InChI=1S/C16H22BrClN2O2/c17-14-13(18)2-1-12(16(14)21)15(11-3-9-22-10-4-11)20-7-5-19-6-8-20/h1-2,11,15,19,21H,3-10H2/t15-/m1/s1. The Bertz CT molecular complexity index is 499. The summed E-state index contributed by atoms with van der Waals surface area (Å²) >= 11 is 9.52. The van der Waals surface area contributed by atoms with Crippen LogP contribution in [0.1, 0.15) is 24.4 Å². The fourth-order valence-corrected chi connectivity index (χ4v) is 4.05. The average Bonchev–Trinajstić information content (AvgIpc) is 2.57. The van der Waals surface area contributed by atoms with Crippen molar-refractivity contribution in [2.45, 2.75) is 18.9 Å². The van der Waals surface area contributed by atoms with Crippen molar-refractivity contribution in [1.29, 1.82) is 0 Å². The van der Waals surface area contributed by atoms with Crippen molar-refractivity contribution >= 4 is 27.5 Å². The normalized spacial score (nSPS) is 22.6. The van der Waals surface area contributed by atoms with Crippen LogP contribution in [0.3, 0.4) is 0 Å². The lowest BCUT2D eigenvalue weighted by molar-refractivity contribution is 0.0206. The summed E-state index contributed by atoms with van der Waals surface area (Å²) in [5.74, 6) is 0.786. The maximum absolute atomic E-state index is 10.6. The topological polar surface area (TPSA) is 44.7 Å². The van der Waals surface area contributed by atoms with Gasteiger partial charge in [-0.3, -0.25) is 4.90 Å². The number of benzene rings is 1. The number of aromatic hydroxyl groups is 1. The molecule has 2 aliphatic heterocycles. The zero-order valence-corrected chi connectivity index (χ0v) is 14.9. The molecule has 0 radical (unpaired) electrons. The summed E-state index contributed by atoms with van der Waals surface area (Å²) < 4.78 is 6.12. The Morgan fingerprint density at radius 1 is 1.27 bits per heavy atom. The van der Waals surface area contributed by atoms with Crippen molar-refractivity contribution in [2.24, 2.45) is 5.92 Å². The lowest BCUT2D eigenvalue weighted by Crippen LogP contribution is -2.47. The molecule has 2 N–H and O–H groups in total. The van der Waals surface area contributed by atoms with E-state index < -0.39 is 0 Å². The Morgan fingerprint density at radius 3 is 2.64 bits per heavy atom. The second kappa shape index (κ2) is 7.49. The van der Waals surface area contributed by atoms with Crippen molar-refractivity contribution in [1.82, 2.24) is 10.2 Å². The van der Waals surface area contributed by atoms with Crippen LogP contribution in [0.5, 0.6) is 5.75 Å². The van der Waals surface area contributed by atoms with Crippen LogP contribution in [0.25, 0.3) is 0 Å². The van der Waals surface area contributed by atoms with Crippen LogP contribution in [0.2, 0.25) is 5.02 Å².